The molecule has 0 aromatic heterocycles. The highest BCUT2D eigenvalue weighted by Gasteiger charge is 2.53. The van der Waals surface area contributed by atoms with E-state index in [1.165, 1.54) is 17.5 Å². The van der Waals surface area contributed by atoms with E-state index in [1.807, 2.05) is 4.90 Å². The van der Waals surface area contributed by atoms with Crippen LogP contribution < -0.4 is 0 Å². The van der Waals surface area contributed by atoms with Gasteiger partial charge in [-0.25, -0.2) is 0 Å². The number of aryl methyl sites for hydroxylation is 1. The van der Waals surface area contributed by atoms with Crippen LogP contribution in [0.15, 0.2) is 24.3 Å². The number of carbonyl (C=O) groups is 2. The highest BCUT2D eigenvalue weighted by Crippen LogP contribution is 2.45. The van der Waals surface area contributed by atoms with E-state index in [0.29, 0.717) is 0 Å². The van der Waals surface area contributed by atoms with Gasteiger partial charge in [0.25, 0.3) is 0 Å². The van der Waals surface area contributed by atoms with Gasteiger partial charge in [-0.05, 0) is 38.2 Å². The van der Waals surface area contributed by atoms with Crippen LogP contribution in [0.3, 0.4) is 0 Å². The number of esters is 1. The summed E-state index contributed by atoms with van der Waals surface area (Å²) in [6.45, 7) is 6.30. The van der Waals surface area contributed by atoms with Crippen molar-refractivity contribution in [2.24, 2.45) is 5.92 Å². The third-order valence-corrected chi connectivity index (χ3v) is 6.49. The first-order valence-corrected chi connectivity index (χ1v) is 10.3. The standard InChI is InChI=1S/C22H30N2O3/c1-17-6-5-7-18(14-17)16-23-10-12-24(13-11-23)21(26)19-15-20(25)27-22(19)8-3-2-4-9-22/h5-7,14,19H,2-4,8-13,15-16H2,1H3. The summed E-state index contributed by atoms with van der Waals surface area (Å²) in [5, 5.41) is 0. The van der Waals surface area contributed by atoms with Crippen molar-refractivity contribution in [1.29, 1.82) is 0 Å². The number of carbonyl (C=O) groups excluding carboxylic acids is 2. The second kappa shape index (κ2) is 7.63. The SMILES string of the molecule is Cc1cccc(CN2CCN(C(=O)C3CC(=O)OC34CCCCC4)CC2)c1. The molecule has 1 atom stereocenters. The minimum Gasteiger partial charge on any atom is -0.458 e. The van der Waals surface area contributed by atoms with Gasteiger partial charge in [0, 0.05) is 32.7 Å². The molecule has 3 aliphatic rings. The van der Waals surface area contributed by atoms with E-state index in [9.17, 15) is 9.59 Å². The molecule has 2 aliphatic heterocycles. The van der Waals surface area contributed by atoms with Crippen molar-refractivity contribution in [3.8, 4) is 0 Å². The highest BCUT2D eigenvalue weighted by atomic mass is 16.6. The predicted octanol–water partition coefficient (Wildman–Crippen LogP) is 2.91. The van der Waals surface area contributed by atoms with Gasteiger partial charge in [0.2, 0.25) is 5.91 Å². The summed E-state index contributed by atoms with van der Waals surface area (Å²) in [4.78, 5) is 29.6. The topological polar surface area (TPSA) is 49.9 Å². The van der Waals surface area contributed by atoms with E-state index < -0.39 is 5.60 Å². The lowest BCUT2D eigenvalue weighted by Gasteiger charge is -2.40. The van der Waals surface area contributed by atoms with Crippen LogP contribution in [0, 0.1) is 12.8 Å². The summed E-state index contributed by atoms with van der Waals surface area (Å²) >= 11 is 0. The Morgan fingerprint density at radius 2 is 1.89 bits per heavy atom. The maximum atomic E-state index is 13.2. The molecule has 1 spiro atoms. The number of nitrogens with zero attached hydrogens (tertiary/aromatic N) is 2. The van der Waals surface area contributed by atoms with E-state index in [0.717, 1.165) is 58.4 Å². The van der Waals surface area contributed by atoms with Gasteiger partial charge in [-0.3, -0.25) is 14.5 Å². The summed E-state index contributed by atoms with van der Waals surface area (Å²) in [7, 11) is 0. The van der Waals surface area contributed by atoms with Crippen LogP contribution in [0.25, 0.3) is 0 Å². The Balaban J connectivity index is 1.36. The fraction of sp³-hybridized carbons (Fsp3) is 0.636. The second-order valence-corrected chi connectivity index (χ2v) is 8.45. The molecule has 27 heavy (non-hydrogen) atoms. The Kier molecular flexibility index (Phi) is 5.22. The molecule has 5 heteroatoms. The summed E-state index contributed by atoms with van der Waals surface area (Å²) in [5.74, 6) is -0.320. The van der Waals surface area contributed by atoms with Crippen LogP contribution in [0.1, 0.15) is 49.7 Å². The monoisotopic (exact) mass is 370 g/mol. The van der Waals surface area contributed by atoms with Gasteiger partial charge in [-0.15, -0.1) is 0 Å². The Morgan fingerprint density at radius 1 is 1.15 bits per heavy atom. The number of hydrogen-bond donors (Lipinski definition) is 0. The van der Waals surface area contributed by atoms with E-state index >= 15 is 0 Å². The van der Waals surface area contributed by atoms with Gasteiger partial charge in [0.05, 0.1) is 12.3 Å². The number of rotatable bonds is 3. The third-order valence-electron chi connectivity index (χ3n) is 6.49. The fourth-order valence-electron chi connectivity index (χ4n) is 5.02. The van der Waals surface area contributed by atoms with Crippen molar-refractivity contribution < 1.29 is 14.3 Å². The molecule has 3 fully saturated rings. The zero-order chi connectivity index (χ0) is 18.9. The highest BCUT2D eigenvalue weighted by molar-refractivity contribution is 5.88. The molecule has 2 saturated heterocycles. The van der Waals surface area contributed by atoms with E-state index in [-0.39, 0.29) is 24.2 Å². The van der Waals surface area contributed by atoms with Crippen molar-refractivity contribution in [2.75, 3.05) is 26.2 Å². The molecule has 1 saturated carbocycles. The predicted molar refractivity (Wildman–Crippen MR) is 103 cm³/mol. The van der Waals surface area contributed by atoms with Gasteiger partial charge >= 0.3 is 5.97 Å². The van der Waals surface area contributed by atoms with Crippen LogP contribution in [0.2, 0.25) is 0 Å². The minimum atomic E-state index is -0.509. The molecule has 1 aliphatic carbocycles. The van der Waals surface area contributed by atoms with Crippen molar-refractivity contribution in [2.45, 2.75) is 57.6 Å². The first-order chi connectivity index (χ1) is 13.1. The average molecular weight is 370 g/mol. The molecule has 5 nitrogen and oxygen atoms in total. The average Bonchev–Trinajstić information content (AvgIpc) is 2.98. The molecule has 146 valence electrons. The zero-order valence-electron chi connectivity index (χ0n) is 16.3. The van der Waals surface area contributed by atoms with E-state index in [4.69, 9.17) is 4.74 Å². The maximum absolute atomic E-state index is 13.2. The number of piperazine rings is 1. The van der Waals surface area contributed by atoms with Gasteiger partial charge in [-0.1, -0.05) is 36.2 Å². The van der Waals surface area contributed by atoms with Gasteiger partial charge < -0.3 is 9.64 Å². The summed E-state index contributed by atoms with van der Waals surface area (Å²) in [5.41, 5.74) is 2.10. The maximum Gasteiger partial charge on any atom is 0.307 e. The fourth-order valence-corrected chi connectivity index (χ4v) is 5.02. The van der Waals surface area contributed by atoms with Crippen LogP contribution >= 0.6 is 0 Å². The molecule has 2 heterocycles. The van der Waals surface area contributed by atoms with Crippen LogP contribution in [-0.2, 0) is 20.9 Å². The molecule has 1 aromatic rings. The van der Waals surface area contributed by atoms with Gasteiger partial charge in [-0.2, -0.15) is 0 Å². The Hall–Kier alpha value is -1.88. The number of hydrogen-bond acceptors (Lipinski definition) is 4. The first kappa shape index (κ1) is 18.5. The van der Waals surface area contributed by atoms with Crippen molar-refractivity contribution in [1.82, 2.24) is 9.80 Å². The zero-order valence-corrected chi connectivity index (χ0v) is 16.3. The second-order valence-electron chi connectivity index (χ2n) is 8.45. The Labute approximate surface area is 161 Å². The molecule has 1 aromatic carbocycles. The van der Waals surface area contributed by atoms with Gasteiger partial charge in [0.15, 0.2) is 0 Å². The number of benzene rings is 1. The quantitative estimate of drug-likeness (QED) is 0.768. The number of amides is 1. The molecule has 4 rings (SSSR count). The van der Waals surface area contributed by atoms with E-state index in [2.05, 4.69) is 36.1 Å². The lowest BCUT2D eigenvalue weighted by atomic mass is 9.75. The first-order valence-electron chi connectivity index (χ1n) is 10.3. The molecular formula is C22H30N2O3. The smallest absolute Gasteiger partial charge is 0.307 e. The summed E-state index contributed by atoms with van der Waals surface area (Å²) in [6.07, 6.45) is 5.26. The molecule has 0 radical (unpaired) electrons. The summed E-state index contributed by atoms with van der Waals surface area (Å²) < 4.78 is 5.73. The van der Waals surface area contributed by atoms with Gasteiger partial charge in [0.1, 0.15) is 5.60 Å². The van der Waals surface area contributed by atoms with Crippen LogP contribution in [0.4, 0.5) is 0 Å². The lowest BCUT2D eigenvalue weighted by Crippen LogP contribution is -2.53. The Morgan fingerprint density at radius 3 is 2.59 bits per heavy atom. The summed E-state index contributed by atoms with van der Waals surface area (Å²) in [6, 6.07) is 8.61. The molecule has 0 bridgehead atoms. The van der Waals surface area contributed by atoms with Crippen molar-refractivity contribution in [3.05, 3.63) is 35.4 Å². The van der Waals surface area contributed by atoms with E-state index in [1.54, 1.807) is 0 Å². The number of ether oxygens (including phenoxy) is 1. The Bertz CT molecular complexity index is 703. The van der Waals surface area contributed by atoms with Crippen LogP contribution in [-0.4, -0.2) is 53.5 Å². The lowest BCUT2D eigenvalue weighted by molar-refractivity contribution is -0.156. The third kappa shape index (κ3) is 3.88. The molecule has 0 N–H and O–H groups in total. The normalized spacial score (nSPS) is 25.6. The van der Waals surface area contributed by atoms with Crippen molar-refractivity contribution in [3.63, 3.8) is 0 Å². The largest absolute Gasteiger partial charge is 0.458 e. The van der Waals surface area contributed by atoms with Crippen molar-refractivity contribution >= 4 is 11.9 Å². The van der Waals surface area contributed by atoms with Crippen LogP contribution in [0.5, 0.6) is 0 Å². The molecular weight excluding hydrogens is 340 g/mol. The minimum absolute atomic E-state index is 0.137. The molecule has 1 unspecified atom stereocenters. The molecule has 1 amide bonds.